The molecular weight excluding hydrogens is 116 g/mol. The van der Waals surface area contributed by atoms with Gasteiger partial charge >= 0.3 is 10.1 Å². The van der Waals surface area contributed by atoms with Crippen molar-refractivity contribution >= 4 is 10.1 Å². The van der Waals surface area contributed by atoms with Crippen molar-refractivity contribution in [1.29, 1.82) is 0 Å². The Kier molecular flexibility index (Phi) is 0.642. The first-order valence-corrected chi connectivity index (χ1v) is 2.99. The summed E-state index contributed by atoms with van der Waals surface area (Å²) in [5.41, 5.74) is 2.23. The number of rotatable bonds is 1. The molecule has 0 heterocycles. The first kappa shape index (κ1) is 4.59. The molecule has 0 saturated heterocycles. The smallest absolute Gasteiger partial charge is 0.281 e. The average molecular weight is 118 g/mol. The zero-order valence-corrected chi connectivity index (χ0v) is 4.07. The molecule has 1 rings (SSSR count). The summed E-state index contributed by atoms with van der Waals surface area (Å²) in [7, 11) is -3.88. The van der Waals surface area contributed by atoms with Crippen molar-refractivity contribution in [2.75, 3.05) is 0 Å². The summed E-state index contributed by atoms with van der Waals surface area (Å²) in [6, 6.07) is 0. The van der Waals surface area contributed by atoms with E-state index in [1.54, 1.807) is 0 Å². The van der Waals surface area contributed by atoms with Crippen LogP contribution in [0.3, 0.4) is 0 Å². The minimum Gasteiger partial charge on any atom is -0.281 e. The fourth-order valence-corrected chi connectivity index (χ4v) is 0.535. The Morgan fingerprint density at radius 3 is 2.14 bits per heavy atom. The van der Waals surface area contributed by atoms with E-state index in [0.29, 0.717) is 0 Å². The molecule has 0 radical (unpaired) electrons. The summed E-state index contributed by atoms with van der Waals surface area (Å²) >= 11 is 0. The summed E-state index contributed by atoms with van der Waals surface area (Å²) in [6.07, 6.45) is 1.20. The monoisotopic (exact) mass is 118 g/mol. The van der Waals surface area contributed by atoms with Crippen LogP contribution in [0, 0.1) is 0 Å². The molecule has 7 heavy (non-hydrogen) atoms. The number of hydrogen-bond acceptors (Lipinski definition) is 2. The van der Waals surface area contributed by atoms with Gasteiger partial charge in [0, 0.05) is 6.08 Å². The molecule has 4 heteroatoms. The van der Waals surface area contributed by atoms with Crippen LogP contribution in [0.15, 0.2) is 16.7 Å². The van der Waals surface area contributed by atoms with Gasteiger partial charge < -0.3 is 0 Å². The summed E-state index contributed by atoms with van der Waals surface area (Å²) < 4.78 is 27.6. The standard InChI is InChI=1S/C3H2O3S/c4-7(5,6)3-1-2-3/h1H,(H,4,5,6). The highest BCUT2D eigenvalue weighted by atomic mass is 32.2. The molecule has 0 aromatic rings. The maximum Gasteiger partial charge on any atom is 0.302 e. The molecule has 0 atom stereocenters. The summed E-state index contributed by atoms with van der Waals surface area (Å²) in [5.74, 6) is 0. The molecule has 0 fully saturated rings. The van der Waals surface area contributed by atoms with Gasteiger partial charge in [-0.3, -0.25) is 4.55 Å². The largest absolute Gasteiger partial charge is 0.302 e. The predicted molar refractivity (Wildman–Crippen MR) is 23.1 cm³/mol. The molecule has 1 N–H and O–H groups in total. The third-order valence-corrected chi connectivity index (χ3v) is 1.33. The van der Waals surface area contributed by atoms with Crippen LogP contribution in [0.5, 0.6) is 0 Å². The predicted octanol–water partition coefficient (Wildman–Crippen LogP) is -0.0732. The topological polar surface area (TPSA) is 54.4 Å². The quantitative estimate of drug-likeness (QED) is 0.387. The highest BCUT2D eigenvalue weighted by molar-refractivity contribution is 7.90. The Balaban J connectivity index is 2.97. The second-order valence-corrected chi connectivity index (χ2v) is 2.52. The van der Waals surface area contributed by atoms with Crippen LogP contribution < -0.4 is 0 Å². The average Bonchev–Trinajstić information content (AvgIpc) is 1.99. The van der Waals surface area contributed by atoms with Crippen molar-refractivity contribution in [2.24, 2.45) is 0 Å². The Hall–Kier alpha value is -0.570. The highest BCUT2D eigenvalue weighted by Crippen LogP contribution is 2.11. The third-order valence-electron chi connectivity index (χ3n) is 0.540. The fourth-order valence-electron chi connectivity index (χ4n) is 0.178. The molecule has 0 aliphatic heterocycles. The zero-order chi connectivity index (χ0) is 5.49. The van der Waals surface area contributed by atoms with E-state index < -0.39 is 10.1 Å². The second kappa shape index (κ2) is 0.980. The fraction of sp³-hybridized carbons (Fsp3) is 0. The van der Waals surface area contributed by atoms with Crippen molar-refractivity contribution in [2.45, 2.75) is 0 Å². The van der Waals surface area contributed by atoms with Crippen LogP contribution in [-0.4, -0.2) is 13.0 Å². The van der Waals surface area contributed by atoms with Gasteiger partial charge in [-0.2, -0.15) is 8.42 Å². The van der Waals surface area contributed by atoms with Crippen LogP contribution in [0.4, 0.5) is 0 Å². The van der Waals surface area contributed by atoms with Crippen LogP contribution in [0.25, 0.3) is 0 Å². The SMILES string of the molecule is O=S(=O)(O)C1=C=C1. The van der Waals surface area contributed by atoms with Gasteiger partial charge in [0.25, 0.3) is 0 Å². The molecule has 1 aliphatic carbocycles. The normalized spacial score (nSPS) is 16.4. The van der Waals surface area contributed by atoms with E-state index in [9.17, 15) is 8.42 Å². The molecule has 3 nitrogen and oxygen atoms in total. The highest BCUT2D eigenvalue weighted by Gasteiger charge is 2.15. The van der Waals surface area contributed by atoms with Crippen LogP contribution in [-0.2, 0) is 10.1 Å². The lowest BCUT2D eigenvalue weighted by molar-refractivity contribution is 0.493. The van der Waals surface area contributed by atoms with Gasteiger partial charge in [-0.25, -0.2) is 0 Å². The van der Waals surface area contributed by atoms with Gasteiger partial charge in [0.2, 0.25) is 0 Å². The Morgan fingerprint density at radius 1 is 1.71 bits per heavy atom. The van der Waals surface area contributed by atoms with Crippen molar-refractivity contribution < 1.29 is 13.0 Å². The van der Waals surface area contributed by atoms with Gasteiger partial charge in [0.1, 0.15) is 4.91 Å². The van der Waals surface area contributed by atoms with Gasteiger partial charge in [-0.05, 0) is 0 Å². The van der Waals surface area contributed by atoms with Gasteiger partial charge in [-0.1, -0.05) is 5.73 Å². The molecule has 0 aromatic heterocycles. The van der Waals surface area contributed by atoms with E-state index in [-0.39, 0.29) is 4.91 Å². The zero-order valence-electron chi connectivity index (χ0n) is 3.25. The lowest BCUT2D eigenvalue weighted by atomic mass is 11.0. The first-order valence-electron chi connectivity index (χ1n) is 1.55. The maximum absolute atomic E-state index is 9.82. The van der Waals surface area contributed by atoms with Crippen molar-refractivity contribution in [3.8, 4) is 0 Å². The van der Waals surface area contributed by atoms with Crippen LogP contribution in [0.1, 0.15) is 0 Å². The van der Waals surface area contributed by atoms with E-state index in [0.717, 1.165) is 0 Å². The minimum absolute atomic E-state index is 0.104. The van der Waals surface area contributed by atoms with Crippen molar-refractivity contribution in [1.82, 2.24) is 0 Å². The molecule has 0 aromatic carbocycles. The van der Waals surface area contributed by atoms with E-state index in [2.05, 4.69) is 5.73 Å². The molecule has 1 aliphatic rings. The number of hydrogen-bond donors (Lipinski definition) is 1. The summed E-state index contributed by atoms with van der Waals surface area (Å²) in [6.45, 7) is 0. The summed E-state index contributed by atoms with van der Waals surface area (Å²) in [5, 5.41) is 0. The molecule has 0 amide bonds. The maximum atomic E-state index is 9.82. The van der Waals surface area contributed by atoms with Gasteiger partial charge in [-0.15, -0.1) is 0 Å². The Labute approximate surface area is 40.7 Å². The van der Waals surface area contributed by atoms with Crippen LogP contribution in [0.2, 0.25) is 0 Å². The lowest BCUT2D eigenvalue weighted by Crippen LogP contribution is -1.91. The first-order chi connectivity index (χ1) is 3.11. The van der Waals surface area contributed by atoms with E-state index in [1.165, 1.54) is 6.08 Å². The summed E-state index contributed by atoms with van der Waals surface area (Å²) in [4.78, 5) is -0.104. The second-order valence-electron chi connectivity index (χ2n) is 1.13. The molecular formula is C3H2O3S. The van der Waals surface area contributed by atoms with Gasteiger partial charge in [0.15, 0.2) is 0 Å². The molecule has 38 valence electrons. The van der Waals surface area contributed by atoms with E-state index in [1.807, 2.05) is 0 Å². The molecule has 0 unspecified atom stereocenters. The van der Waals surface area contributed by atoms with E-state index >= 15 is 0 Å². The Bertz CT molecular complexity index is 239. The third kappa shape index (κ3) is 0.899. The van der Waals surface area contributed by atoms with Gasteiger partial charge in [0.05, 0.1) is 0 Å². The molecule has 0 bridgehead atoms. The molecule has 0 spiro atoms. The van der Waals surface area contributed by atoms with Crippen molar-refractivity contribution in [3.05, 3.63) is 16.7 Å². The van der Waals surface area contributed by atoms with E-state index in [4.69, 9.17) is 4.55 Å². The van der Waals surface area contributed by atoms with Crippen molar-refractivity contribution in [3.63, 3.8) is 0 Å². The lowest BCUT2D eigenvalue weighted by Gasteiger charge is -1.77. The van der Waals surface area contributed by atoms with Crippen LogP contribution >= 0.6 is 0 Å². The molecule has 0 saturated carbocycles. The minimum atomic E-state index is -3.88. The Morgan fingerprint density at radius 2 is 2.14 bits per heavy atom.